The summed E-state index contributed by atoms with van der Waals surface area (Å²) in [5, 5.41) is 3.02. The fourth-order valence-electron chi connectivity index (χ4n) is 3.73. The Morgan fingerprint density at radius 1 is 1.14 bits per heavy atom. The van der Waals surface area contributed by atoms with Crippen molar-refractivity contribution in [2.24, 2.45) is 11.7 Å². The van der Waals surface area contributed by atoms with Gasteiger partial charge in [-0.1, -0.05) is 13.8 Å². The Morgan fingerprint density at radius 3 is 2.29 bits per heavy atom. The fraction of sp³-hybridized carbons (Fsp3) is 0.636. The average molecular weight is 390 g/mol. The van der Waals surface area contributed by atoms with Crippen LogP contribution < -0.4 is 15.8 Å². The van der Waals surface area contributed by atoms with Crippen molar-refractivity contribution >= 4 is 11.8 Å². The molecule has 1 aliphatic heterocycles. The third kappa shape index (κ3) is 6.23. The van der Waals surface area contributed by atoms with Crippen LogP contribution >= 0.6 is 0 Å². The highest BCUT2D eigenvalue weighted by Gasteiger charge is 2.19. The Balaban J connectivity index is 2.01. The van der Waals surface area contributed by atoms with E-state index in [1.54, 1.807) is 0 Å². The summed E-state index contributed by atoms with van der Waals surface area (Å²) in [6.07, 6.45) is 4.16. The van der Waals surface area contributed by atoms with E-state index in [1.807, 2.05) is 30.9 Å². The minimum absolute atomic E-state index is 0.0276. The molecule has 6 nitrogen and oxygen atoms in total. The number of nitrogens with one attached hydrogen (secondary N) is 1. The van der Waals surface area contributed by atoms with Crippen molar-refractivity contribution < 1.29 is 14.3 Å². The van der Waals surface area contributed by atoms with Gasteiger partial charge < -0.3 is 20.7 Å². The molecule has 6 heteroatoms. The third-order valence-electron chi connectivity index (χ3n) is 5.15. The van der Waals surface area contributed by atoms with Crippen LogP contribution in [0.4, 0.5) is 0 Å². The molecule has 28 heavy (non-hydrogen) atoms. The second-order valence-corrected chi connectivity index (χ2v) is 8.20. The van der Waals surface area contributed by atoms with Crippen molar-refractivity contribution in [3.05, 3.63) is 28.8 Å². The van der Waals surface area contributed by atoms with Gasteiger partial charge in [0.2, 0.25) is 0 Å². The van der Waals surface area contributed by atoms with Gasteiger partial charge in [-0.25, -0.2) is 0 Å². The maximum atomic E-state index is 12.6. The molecule has 156 valence electrons. The minimum Gasteiger partial charge on any atom is -0.483 e. The molecule has 0 radical (unpaired) electrons. The maximum Gasteiger partial charge on any atom is 0.260 e. The first kappa shape index (κ1) is 22.2. The lowest BCUT2D eigenvalue weighted by molar-refractivity contribution is -0.134. The monoisotopic (exact) mass is 389 g/mol. The van der Waals surface area contributed by atoms with Crippen LogP contribution in [0.15, 0.2) is 12.1 Å². The van der Waals surface area contributed by atoms with Crippen LogP contribution in [0, 0.1) is 19.8 Å². The summed E-state index contributed by atoms with van der Waals surface area (Å²) in [4.78, 5) is 26.8. The first-order chi connectivity index (χ1) is 13.3. The molecule has 0 aromatic heterocycles. The number of carbonyl (C=O) groups excluding carboxylic acids is 2. The lowest BCUT2D eigenvalue weighted by atomic mass is 10.0. The highest BCUT2D eigenvalue weighted by molar-refractivity contribution is 5.95. The topological polar surface area (TPSA) is 84.7 Å². The van der Waals surface area contributed by atoms with E-state index in [2.05, 4.69) is 19.2 Å². The molecule has 1 aliphatic rings. The summed E-state index contributed by atoms with van der Waals surface area (Å²) in [5.74, 6) is 1.04. The summed E-state index contributed by atoms with van der Waals surface area (Å²) >= 11 is 0. The molecule has 0 bridgehead atoms. The largest absolute Gasteiger partial charge is 0.483 e. The second-order valence-electron chi connectivity index (χ2n) is 8.20. The van der Waals surface area contributed by atoms with Gasteiger partial charge in [-0.3, -0.25) is 9.59 Å². The van der Waals surface area contributed by atoms with Gasteiger partial charge in [0.1, 0.15) is 5.75 Å². The van der Waals surface area contributed by atoms with E-state index in [9.17, 15) is 9.59 Å². The number of nitrogens with two attached hydrogens (primary N) is 1. The molecule has 1 atom stereocenters. The number of rotatable bonds is 8. The predicted molar refractivity (Wildman–Crippen MR) is 112 cm³/mol. The molecule has 1 heterocycles. The number of likely N-dealkylation sites (tertiary alicyclic amines) is 1. The zero-order valence-electron chi connectivity index (χ0n) is 17.7. The molecule has 1 fully saturated rings. The van der Waals surface area contributed by atoms with E-state index in [0.717, 1.165) is 43.5 Å². The molecule has 2 rings (SSSR count). The number of ether oxygens (including phenoxy) is 1. The SMILES string of the molecule is Cc1cc(C(=O)NC(CN)CC(C)C)cc(C)c1OCC(=O)N1CCCCC1. The van der Waals surface area contributed by atoms with Crippen LogP contribution in [0.25, 0.3) is 0 Å². The van der Waals surface area contributed by atoms with Crippen LogP contribution in [0.5, 0.6) is 5.75 Å². The summed E-state index contributed by atoms with van der Waals surface area (Å²) in [7, 11) is 0. The molecule has 1 aromatic carbocycles. The average Bonchev–Trinajstić information content (AvgIpc) is 2.66. The number of carbonyl (C=O) groups is 2. The molecule has 0 aliphatic carbocycles. The van der Waals surface area contributed by atoms with Gasteiger partial charge >= 0.3 is 0 Å². The molecule has 1 unspecified atom stereocenters. The van der Waals surface area contributed by atoms with Crippen molar-refractivity contribution in [2.45, 2.75) is 59.4 Å². The number of amides is 2. The van der Waals surface area contributed by atoms with E-state index in [-0.39, 0.29) is 24.5 Å². The molecular weight excluding hydrogens is 354 g/mol. The minimum atomic E-state index is -0.127. The molecule has 0 saturated carbocycles. The maximum absolute atomic E-state index is 12.6. The number of hydrogen-bond donors (Lipinski definition) is 2. The fourth-order valence-corrected chi connectivity index (χ4v) is 3.73. The Hall–Kier alpha value is -2.08. The van der Waals surface area contributed by atoms with E-state index >= 15 is 0 Å². The van der Waals surface area contributed by atoms with Gasteiger partial charge in [0, 0.05) is 31.2 Å². The van der Waals surface area contributed by atoms with E-state index in [1.165, 1.54) is 6.42 Å². The lowest BCUT2D eigenvalue weighted by Gasteiger charge is -2.27. The van der Waals surface area contributed by atoms with Crippen LogP contribution in [0.2, 0.25) is 0 Å². The van der Waals surface area contributed by atoms with E-state index in [0.29, 0.717) is 23.8 Å². The van der Waals surface area contributed by atoms with Gasteiger partial charge in [-0.15, -0.1) is 0 Å². The standard InChI is InChI=1S/C22H35N3O3/c1-15(2)10-19(13-23)24-22(27)18-11-16(3)21(17(4)12-18)28-14-20(26)25-8-6-5-7-9-25/h11-12,15,19H,5-10,13-14,23H2,1-4H3,(H,24,27). The van der Waals surface area contributed by atoms with Crippen LogP contribution in [0.3, 0.4) is 0 Å². The highest BCUT2D eigenvalue weighted by atomic mass is 16.5. The van der Waals surface area contributed by atoms with Gasteiger partial charge in [0.15, 0.2) is 6.61 Å². The highest BCUT2D eigenvalue weighted by Crippen LogP contribution is 2.25. The Labute approximate surface area is 168 Å². The number of nitrogens with zero attached hydrogens (tertiary/aromatic N) is 1. The summed E-state index contributed by atoms with van der Waals surface area (Å²) in [5.41, 5.74) is 8.08. The van der Waals surface area contributed by atoms with Crippen molar-refractivity contribution in [1.82, 2.24) is 10.2 Å². The van der Waals surface area contributed by atoms with Gasteiger partial charge in [-0.2, -0.15) is 0 Å². The molecule has 0 spiro atoms. The van der Waals surface area contributed by atoms with Gasteiger partial charge in [0.25, 0.3) is 11.8 Å². The first-order valence-corrected chi connectivity index (χ1v) is 10.3. The molecule has 2 amide bonds. The van der Waals surface area contributed by atoms with Crippen molar-refractivity contribution in [1.29, 1.82) is 0 Å². The Kier molecular flexibility index (Phi) is 8.30. The predicted octanol–water partition coefficient (Wildman–Crippen LogP) is 2.80. The van der Waals surface area contributed by atoms with Crippen LogP contribution in [-0.4, -0.2) is 49.0 Å². The molecule has 3 N–H and O–H groups in total. The summed E-state index contributed by atoms with van der Waals surface area (Å²) in [6, 6.07) is 3.59. The van der Waals surface area contributed by atoms with Gasteiger partial charge in [0.05, 0.1) is 0 Å². The number of hydrogen-bond acceptors (Lipinski definition) is 4. The molecule has 1 aromatic rings. The third-order valence-corrected chi connectivity index (χ3v) is 5.15. The van der Waals surface area contributed by atoms with Crippen molar-refractivity contribution in [3.8, 4) is 5.75 Å². The number of benzene rings is 1. The Bertz CT molecular complexity index is 659. The summed E-state index contributed by atoms with van der Waals surface area (Å²) in [6.45, 7) is 10.1. The van der Waals surface area contributed by atoms with Crippen LogP contribution in [-0.2, 0) is 4.79 Å². The van der Waals surface area contributed by atoms with Crippen molar-refractivity contribution in [2.75, 3.05) is 26.2 Å². The number of piperidine rings is 1. The zero-order valence-corrected chi connectivity index (χ0v) is 17.7. The lowest BCUT2D eigenvalue weighted by Crippen LogP contribution is -2.41. The van der Waals surface area contributed by atoms with Crippen molar-refractivity contribution in [3.63, 3.8) is 0 Å². The van der Waals surface area contributed by atoms with E-state index < -0.39 is 0 Å². The summed E-state index contributed by atoms with van der Waals surface area (Å²) < 4.78 is 5.83. The normalized spacial score (nSPS) is 15.4. The zero-order chi connectivity index (χ0) is 20.7. The quantitative estimate of drug-likeness (QED) is 0.716. The van der Waals surface area contributed by atoms with Crippen LogP contribution in [0.1, 0.15) is 61.0 Å². The number of aryl methyl sites for hydroxylation is 2. The smallest absolute Gasteiger partial charge is 0.260 e. The Morgan fingerprint density at radius 2 is 1.75 bits per heavy atom. The second kappa shape index (κ2) is 10.5. The van der Waals surface area contributed by atoms with E-state index in [4.69, 9.17) is 10.5 Å². The molecular formula is C22H35N3O3. The molecule has 1 saturated heterocycles. The first-order valence-electron chi connectivity index (χ1n) is 10.3. The van der Waals surface area contributed by atoms with Gasteiger partial charge in [-0.05, 0) is 68.7 Å².